The van der Waals surface area contributed by atoms with Crippen LogP contribution in [0.3, 0.4) is 0 Å². The molecule has 1 heterocycles. The zero-order valence-electron chi connectivity index (χ0n) is 13.1. The zero-order chi connectivity index (χ0) is 18.2. The third-order valence-corrected chi connectivity index (χ3v) is 4.18. The monoisotopic (exact) mass is 372 g/mol. The van der Waals surface area contributed by atoms with E-state index in [1.807, 2.05) is 0 Å². The van der Waals surface area contributed by atoms with Crippen LogP contribution in [0.15, 0.2) is 12.1 Å². The van der Waals surface area contributed by atoms with E-state index in [9.17, 15) is 19.2 Å². The number of methoxy groups -OCH3 is 1. The Kier molecular flexibility index (Phi) is 4.87. The van der Waals surface area contributed by atoms with Gasteiger partial charge in [-0.2, -0.15) is 0 Å². The van der Waals surface area contributed by atoms with E-state index in [1.165, 1.54) is 33.1 Å². The van der Waals surface area contributed by atoms with Crippen LogP contribution in [0.1, 0.15) is 34.6 Å². The SMILES string of the molecule is COC(=O)C(C)(C)NC(=O)CN1C(=O)c2cc(Cl)c(Cl)cc2C1=O. The summed E-state index contributed by atoms with van der Waals surface area (Å²) in [6.45, 7) is 2.35. The number of ether oxygens (including phenoxy) is 1. The molecule has 24 heavy (non-hydrogen) atoms. The van der Waals surface area contributed by atoms with Crippen molar-refractivity contribution in [3.63, 3.8) is 0 Å². The first kappa shape index (κ1) is 18.2. The number of imide groups is 1. The van der Waals surface area contributed by atoms with E-state index in [0.29, 0.717) is 0 Å². The van der Waals surface area contributed by atoms with E-state index in [1.54, 1.807) is 0 Å². The summed E-state index contributed by atoms with van der Waals surface area (Å²) >= 11 is 11.7. The van der Waals surface area contributed by atoms with Crippen LogP contribution in [0.2, 0.25) is 10.0 Å². The summed E-state index contributed by atoms with van der Waals surface area (Å²) in [5, 5.41) is 2.68. The van der Waals surface area contributed by atoms with Crippen molar-refractivity contribution in [2.45, 2.75) is 19.4 Å². The molecule has 0 saturated carbocycles. The Hall–Kier alpha value is -2.12. The first-order chi connectivity index (χ1) is 11.1. The third kappa shape index (κ3) is 3.22. The summed E-state index contributed by atoms with van der Waals surface area (Å²) in [6.07, 6.45) is 0. The molecule has 0 spiro atoms. The number of carbonyl (C=O) groups excluding carboxylic acids is 4. The van der Waals surface area contributed by atoms with Crippen molar-refractivity contribution >= 4 is 46.9 Å². The highest BCUT2D eigenvalue weighted by Crippen LogP contribution is 2.31. The predicted molar refractivity (Wildman–Crippen MR) is 86.1 cm³/mol. The number of hydrogen-bond donors (Lipinski definition) is 1. The lowest BCUT2D eigenvalue weighted by molar-refractivity contribution is -0.149. The molecule has 0 radical (unpaired) electrons. The molecule has 1 aliphatic rings. The molecule has 0 fully saturated rings. The van der Waals surface area contributed by atoms with Crippen LogP contribution < -0.4 is 5.32 Å². The van der Waals surface area contributed by atoms with Crippen LogP contribution in [-0.4, -0.2) is 47.8 Å². The van der Waals surface area contributed by atoms with Crippen molar-refractivity contribution in [1.82, 2.24) is 10.2 Å². The van der Waals surface area contributed by atoms with Crippen molar-refractivity contribution in [1.29, 1.82) is 0 Å². The van der Waals surface area contributed by atoms with Gasteiger partial charge in [-0.1, -0.05) is 23.2 Å². The van der Waals surface area contributed by atoms with Crippen LogP contribution in [0.25, 0.3) is 0 Å². The molecule has 9 heteroatoms. The van der Waals surface area contributed by atoms with Crippen LogP contribution in [-0.2, 0) is 14.3 Å². The number of carbonyl (C=O) groups is 4. The molecule has 1 aliphatic heterocycles. The second kappa shape index (κ2) is 6.41. The highest BCUT2D eigenvalue weighted by atomic mass is 35.5. The molecular weight excluding hydrogens is 359 g/mol. The van der Waals surface area contributed by atoms with Crippen molar-refractivity contribution in [2.75, 3.05) is 13.7 Å². The number of fused-ring (bicyclic) bond motifs is 1. The molecule has 1 aromatic carbocycles. The largest absolute Gasteiger partial charge is 0.467 e. The predicted octanol–water partition coefficient (Wildman–Crippen LogP) is 1.66. The Morgan fingerprint density at radius 1 is 1.12 bits per heavy atom. The first-order valence-electron chi connectivity index (χ1n) is 6.83. The summed E-state index contributed by atoms with van der Waals surface area (Å²) in [7, 11) is 1.19. The van der Waals surface area contributed by atoms with Gasteiger partial charge in [0.05, 0.1) is 28.3 Å². The number of nitrogens with zero attached hydrogens (tertiary/aromatic N) is 1. The lowest BCUT2D eigenvalue weighted by Gasteiger charge is -2.24. The number of amides is 3. The van der Waals surface area contributed by atoms with Crippen LogP contribution in [0.4, 0.5) is 0 Å². The Labute approximate surface area is 147 Å². The smallest absolute Gasteiger partial charge is 0.330 e. The molecule has 128 valence electrons. The molecule has 3 amide bonds. The van der Waals surface area contributed by atoms with E-state index in [2.05, 4.69) is 10.1 Å². The first-order valence-corrected chi connectivity index (χ1v) is 7.58. The minimum absolute atomic E-state index is 0.0782. The average Bonchev–Trinajstić information content (AvgIpc) is 2.71. The number of esters is 1. The maximum atomic E-state index is 12.3. The van der Waals surface area contributed by atoms with Gasteiger partial charge in [0.2, 0.25) is 5.91 Å². The summed E-state index contributed by atoms with van der Waals surface area (Å²) in [5.41, 5.74) is -1.14. The van der Waals surface area contributed by atoms with E-state index in [4.69, 9.17) is 23.2 Å². The van der Waals surface area contributed by atoms with Gasteiger partial charge in [-0.25, -0.2) is 4.79 Å². The molecule has 0 aliphatic carbocycles. The van der Waals surface area contributed by atoms with E-state index in [-0.39, 0.29) is 21.2 Å². The van der Waals surface area contributed by atoms with Gasteiger partial charge in [0.15, 0.2) is 0 Å². The lowest BCUT2D eigenvalue weighted by atomic mass is 10.1. The second-order valence-electron chi connectivity index (χ2n) is 5.67. The summed E-state index contributed by atoms with van der Waals surface area (Å²) < 4.78 is 4.57. The molecule has 0 saturated heterocycles. The van der Waals surface area contributed by atoms with Crippen molar-refractivity contribution in [3.05, 3.63) is 33.3 Å². The minimum atomic E-state index is -1.29. The lowest BCUT2D eigenvalue weighted by Crippen LogP contribution is -2.53. The summed E-state index contributed by atoms with van der Waals surface area (Å²) in [6, 6.07) is 2.57. The Balaban J connectivity index is 2.17. The molecule has 0 bridgehead atoms. The van der Waals surface area contributed by atoms with Gasteiger partial charge in [0.25, 0.3) is 11.8 Å². The van der Waals surface area contributed by atoms with Crippen molar-refractivity contribution in [2.24, 2.45) is 0 Å². The number of rotatable bonds is 4. The van der Waals surface area contributed by atoms with Crippen LogP contribution >= 0.6 is 23.2 Å². The molecule has 0 unspecified atom stereocenters. The van der Waals surface area contributed by atoms with Crippen molar-refractivity contribution < 1.29 is 23.9 Å². The maximum absolute atomic E-state index is 12.3. The number of nitrogens with one attached hydrogen (secondary N) is 1. The average molecular weight is 373 g/mol. The topological polar surface area (TPSA) is 92.8 Å². The zero-order valence-corrected chi connectivity index (χ0v) is 14.6. The Bertz CT molecular complexity index is 719. The second-order valence-corrected chi connectivity index (χ2v) is 6.49. The number of halogens is 2. The highest BCUT2D eigenvalue weighted by Gasteiger charge is 2.39. The molecule has 7 nitrogen and oxygen atoms in total. The number of benzene rings is 1. The fourth-order valence-corrected chi connectivity index (χ4v) is 2.59. The Morgan fingerprint density at radius 2 is 1.58 bits per heavy atom. The van der Waals surface area contributed by atoms with Crippen LogP contribution in [0.5, 0.6) is 0 Å². The standard InChI is InChI=1S/C15H14Cl2N2O5/c1-15(2,14(23)24-3)18-11(20)6-19-12(21)7-4-9(16)10(17)5-8(7)13(19)22/h4-5H,6H2,1-3H3,(H,18,20). The molecule has 1 aromatic rings. The fraction of sp³-hybridized carbons (Fsp3) is 0.333. The molecule has 0 atom stereocenters. The molecular formula is C15H14Cl2N2O5. The fourth-order valence-electron chi connectivity index (χ4n) is 2.27. The highest BCUT2D eigenvalue weighted by molar-refractivity contribution is 6.43. The van der Waals surface area contributed by atoms with Gasteiger partial charge < -0.3 is 10.1 Å². The third-order valence-electron chi connectivity index (χ3n) is 3.46. The quantitative estimate of drug-likeness (QED) is 0.640. The van der Waals surface area contributed by atoms with Gasteiger partial charge in [0.1, 0.15) is 12.1 Å². The summed E-state index contributed by atoms with van der Waals surface area (Å²) in [4.78, 5) is 49.0. The van der Waals surface area contributed by atoms with Gasteiger partial charge in [0, 0.05) is 0 Å². The molecule has 1 N–H and O–H groups in total. The summed E-state index contributed by atoms with van der Waals surface area (Å²) in [5.74, 6) is -2.65. The van der Waals surface area contributed by atoms with Crippen LogP contribution in [0, 0.1) is 0 Å². The molecule has 0 aromatic heterocycles. The maximum Gasteiger partial charge on any atom is 0.330 e. The van der Waals surface area contributed by atoms with E-state index < -0.39 is 35.8 Å². The normalized spacial score (nSPS) is 13.8. The molecule has 2 rings (SSSR count). The van der Waals surface area contributed by atoms with E-state index in [0.717, 1.165) is 4.90 Å². The van der Waals surface area contributed by atoms with Gasteiger partial charge in [-0.05, 0) is 26.0 Å². The van der Waals surface area contributed by atoms with Gasteiger partial charge >= 0.3 is 5.97 Å². The van der Waals surface area contributed by atoms with E-state index >= 15 is 0 Å². The number of hydrogen-bond acceptors (Lipinski definition) is 5. The minimum Gasteiger partial charge on any atom is -0.467 e. The van der Waals surface area contributed by atoms with Crippen molar-refractivity contribution in [3.8, 4) is 0 Å². The van der Waals surface area contributed by atoms with Gasteiger partial charge in [-0.3, -0.25) is 19.3 Å². The van der Waals surface area contributed by atoms with Gasteiger partial charge in [-0.15, -0.1) is 0 Å². The Morgan fingerprint density at radius 3 is 2.00 bits per heavy atom.